The highest BCUT2D eigenvalue weighted by Gasteiger charge is 2.36. The van der Waals surface area contributed by atoms with Gasteiger partial charge in [-0.3, -0.25) is 0 Å². The van der Waals surface area contributed by atoms with Crippen molar-refractivity contribution in [3.05, 3.63) is 169 Å². The monoisotopic (exact) mass is 624 g/mol. The van der Waals surface area contributed by atoms with E-state index in [-0.39, 0.29) is 5.41 Å². The topological polar surface area (TPSA) is 25.8 Å². The number of rotatable bonds is 3. The Balaban J connectivity index is 1.16. The van der Waals surface area contributed by atoms with Crippen molar-refractivity contribution in [1.82, 2.24) is 9.97 Å². The molecule has 0 bridgehead atoms. The number of hydrogen-bond donors (Lipinski definition) is 0. The normalized spacial score (nSPS) is 13.3. The van der Waals surface area contributed by atoms with Gasteiger partial charge in [-0.1, -0.05) is 153 Å². The molecule has 49 heavy (non-hydrogen) atoms. The van der Waals surface area contributed by atoms with Crippen LogP contribution in [0.5, 0.6) is 0 Å². The second-order valence-corrected chi connectivity index (χ2v) is 13.8. The fourth-order valence-electron chi connectivity index (χ4n) is 8.17. The fraction of sp³-hybridized carbons (Fsp3) is 0.0638. The number of para-hydroxylation sites is 2. The predicted molar refractivity (Wildman–Crippen MR) is 206 cm³/mol. The molecular formula is C47H32N2. The summed E-state index contributed by atoms with van der Waals surface area (Å²) < 4.78 is 0. The second-order valence-electron chi connectivity index (χ2n) is 13.8. The lowest BCUT2D eigenvalue weighted by atomic mass is 9.82. The van der Waals surface area contributed by atoms with Gasteiger partial charge in [0, 0.05) is 16.5 Å². The summed E-state index contributed by atoms with van der Waals surface area (Å²) in [7, 11) is 0. The van der Waals surface area contributed by atoms with Crippen molar-refractivity contribution in [2.45, 2.75) is 19.3 Å². The van der Waals surface area contributed by atoms with Crippen molar-refractivity contribution in [1.29, 1.82) is 0 Å². The molecule has 10 rings (SSSR count). The van der Waals surface area contributed by atoms with Crippen LogP contribution in [0.25, 0.3) is 88.1 Å². The Labute approximate surface area is 285 Å². The van der Waals surface area contributed by atoms with Crippen LogP contribution in [0.15, 0.2) is 158 Å². The molecule has 0 spiro atoms. The first-order chi connectivity index (χ1) is 24.0. The first-order valence-corrected chi connectivity index (χ1v) is 17.0. The van der Waals surface area contributed by atoms with Gasteiger partial charge in [0.05, 0.1) is 22.4 Å². The molecule has 2 nitrogen and oxygen atoms in total. The first-order valence-electron chi connectivity index (χ1n) is 17.0. The average Bonchev–Trinajstić information content (AvgIpc) is 3.40. The van der Waals surface area contributed by atoms with Crippen LogP contribution in [0.3, 0.4) is 0 Å². The summed E-state index contributed by atoms with van der Waals surface area (Å²) in [5.41, 5.74) is 13.6. The smallest absolute Gasteiger partial charge is 0.0973 e. The molecule has 1 aromatic heterocycles. The van der Waals surface area contributed by atoms with Crippen molar-refractivity contribution in [2.24, 2.45) is 0 Å². The van der Waals surface area contributed by atoms with E-state index in [2.05, 4.69) is 147 Å². The lowest BCUT2D eigenvalue weighted by molar-refractivity contribution is 0.661. The molecule has 0 aliphatic heterocycles. The quantitative estimate of drug-likeness (QED) is 0.183. The summed E-state index contributed by atoms with van der Waals surface area (Å²) in [6.45, 7) is 4.70. The SMILES string of the molecule is CC1(C)c2ccccc2-c2c1ccc1c2ccc2ccc3cc(-c4nc5ccccc5nc4-c4ccc(-c5ccccc5)cc4)ccc3c21. The molecule has 230 valence electrons. The molecule has 9 aromatic rings. The van der Waals surface area contributed by atoms with E-state index in [0.29, 0.717) is 0 Å². The summed E-state index contributed by atoms with van der Waals surface area (Å²) in [4.78, 5) is 10.4. The minimum absolute atomic E-state index is 0.0246. The maximum atomic E-state index is 5.23. The standard InChI is InChI=1S/C47H32N2/c1-47(2)39-13-7-6-12-38(39)44-37-25-22-31-18-21-33-28-34(23-24-35(33)43(31)36(37)26-27-40(44)47)46-45(48-41-14-8-9-15-42(41)49-46)32-19-16-30(17-20-32)29-10-4-3-5-11-29/h3-28H,1-2H3. The predicted octanol–water partition coefficient (Wildman–Crippen LogP) is 12.4. The van der Waals surface area contributed by atoms with E-state index < -0.39 is 0 Å². The molecule has 0 saturated carbocycles. The minimum Gasteiger partial charge on any atom is -0.244 e. The Bertz CT molecular complexity index is 2780. The van der Waals surface area contributed by atoms with Crippen LogP contribution in [0.2, 0.25) is 0 Å². The van der Waals surface area contributed by atoms with Crippen LogP contribution in [0.1, 0.15) is 25.0 Å². The summed E-state index contributed by atoms with van der Waals surface area (Å²) in [6.07, 6.45) is 0. The Hall–Kier alpha value is -6.12. The van der Waals surface area contributed by atoms with E-state index in [1.807, 2.05) is 24.3 Å². The highest BCUT2D eigenvalue weighted by Crippen LogP contribution is 2.52. The second kappa shape index (κ2) is 10.4. The van der Waals surface area contributed by atoms with Crippen molar-refractivity contribution in [2.75, 3.05) is 0 Å². The molecule has 0 N–H and O–H groups in total. The van der Waals surface area contributed by atoms with E-state index in [9.17, 15) is 0 Å². The molecule has 0 amide bonds. The minimum atomic E-state index is -0.0246. The van der Waals surface area contributed by atoms with Crippen molar-refractivity contribution < 1.29 is 0 Å². The van der Waals surface area contributed by atoms with Crippen molar-refractivity contribution in [3.8, 4) is 44.8 Å². The Morgan fingerprint density at radius 3 is 1.78 bits per heavy atom. The van der Waals surface area contributed by atoms with E-state index in [1.165, 1.54) is 65.7 Å². The molecule has 0 unspecified atom stereocenters. The van der Waals surface area contributed by atoms with Gasteiger partial charge < -0.3 is 0 Å². The number of hydrogen-bond acceptors (Lipinski definition) is 2. The molecule has 1 aliphatic carbocycles. The Morgan fingerprint density at radius 2 is 0.980 bits per heavy atom. The molecule has 0 fully saturated rings. The molecule has 0 saturated heterocycles. The molecule has 0 atom stereocenters. The highest BCUT2D eigenvalue weighted by molar-refractivity contribution is 6.23. The van der Waals surface area contributed by atoms with Crippen LogP contribution in [0, 0.1) is 0 Å². The van der Waals surface area contributed by atoms with E-state index in [4.69, 9.17) is 9.97 Å². The van der Waals surface area contributed by atoms with Gasteiger partial charge in [-0.05, 0) is 83.9 Å². The number of aromatic nitrogens is 2. The number of fused-ring (bicyclic) bond motifs is 10. The zero-order chi connectivity index (χ0) is 32.7. The van der Waals surface area contributed by atoms with Crippen LogP contribution in [0.4, 0.5) is 0 Å². The van der Waals surface area contributed by atoms with Crippen LogP contribution in [-0.4, -0.2) is 9.97 Å². The lowest BCUT2D eigenvalue weighted by Gasteiger charge is -2.21. The van der Waals surface area contributed by atoms with Gasteiger partial charge in [-0.15, -0.1) is 0 Å². The van der Waals surface area contributed by atoms with Crippen LogP contribution < -0.4 is 0 Å². The van der Waals surface area contributed by atoms with Gasteiger partial charge in [0.2, 0.25) is 0 Å². The third-order valence-corrected chi connectivity index (χ3v) is 10.6. The molecule has 1 aliphatic rings. The van der Waals surface area contributed by atoms with Crippen molar-refractivity contribution in [3.63, 3.8) is 0 Å². The molecule has 8 aromatic carbocycles. The Kier molecular flexibility index (Phi) is 5.95. The zero-order valence-electron chi connectivity index (χ0n) is 27.4. The van der Waals surface area contributed by atoms with E-state index in [0.717, 1.165) is 33.5 Å². The van der Waals surface area contributed by atoms with Gasteiger partial charge in [0.15, 0.2) is 0 Å². The van der Waals surface area contributed by atoms with Crippen LogP contribution >= 0.6 is 0 Å². The van der Waals surface area contributed by atoms with Gasteiger partial charge in [0.1, 0.15) is 0 Å². The van der Waals surface area contributed by atoms with Gasteiger partial charge >= 0.3 is 0 Å². The average molecular weight is 625 g/mol. The number of nitrogens with zero attached hydrogens (tertiary/aromatic N) is 2. The van der Waals surface area contributed by atoms with E-state index in [1.54, 1.807) is 0 Å². The maximum Gasteiger partial charge on any atom is 0.0973 e. The first kappa shape index (κ1) is 27.9. The van der Waals surface area contributed by atoms with Gasteiger partial charge in [0.25, 0.3) is 0 Å². The maximum absolute atomic E-state index is 5.23. The summed E-state index contributed by atoms with van der Waals surface area (Å²) in [5.74, 6) is 0. The fourth-order valence-corrected chi connectivity index (χ4v) is 8.17. The van der Waals surface area contributed by atoms with Crippen molar-refractivity contribution >= 4 is 43.4 Å². The van der Waals surface area contributed by atoms with Gasteiger partial charge in [-0.2, -0.15) is 0 Å². The number of benzene rings is 8. The van der Waals surface area contributed by atoms with Gasteiger partial charge in [-0.25, -0.2) is 9.97 Å². The lowest BCUT2D eigenvalue weighted by Crippen LogP contribution is -2.14. The Morgan fingerprint density at radius 1 is 0.408 bits per heavy atom. The third-order valence-electron chi connectivity index (χ3n) is 10.6. The summed E-state index contributed by atoms with van der Waals surface area (Å²) in [5, 5.41) is 7.61. The molecule has 0 radical (unpaired) electrons. The summed E-state index contributed by atoms with van der Waals surface area (Å²) in [6, 6.07) is 56.9. The molecule has 2 heteroatoms. The zero-order valence-corrected chi connectivity index (χ0v) is 27.4. The van der Waals surface area contributed by atoms with E-state index >= 15 is 0 Å². The molecule has 1 heterocycles. The highest BCUT2D eigenvalue weighted by atomic mass is 14.8. The molecular weight excluding hydrogens is 593 g/mol. The summed E-state index contributed by atoms with van der Waals surface area (Å²) >= 11 is 0. The largest absolute Gasteiger partial charge is 0.244 e. The van der Waals surface area contributed by atoms with Crippen LogP contribution in [-0.2, 0) is 5.41 Å². The third kappa shape index (κ3) is 4.20.